The van der Waals surface area contributed by atoms with Crippen molar-refractivity contribution in [1.82, 2.24) is 0 Å². The highest BCUT2D eigenvalue weighted by atomic mass is 16.6. The summed E-state index contributed by atoms with van der Waals surface area (Å²) in [5.41, 5.74) is 1.23. The van der Waals surface area contributed by atoms with Gasteiger partial charge in [0.15, 0.2) is 0 Å². The van der Waals surface area contributed by atoms with Gasteiger partial charge < -0.3 is 5.32 Å². The third-order valence-electron chi connectivity index (χ3n) is 1.74. The third-order valence-corrected chi connectivity index (χ3v) is 1.74. The van der Waals surface area contributed by atoms with Gasteiger partial charge in [0.1, 0.15) is 0 Å². The van der Waals surface area contributed by atoms with E-state index < -0.39 is 4.92 Å². The van der Waals surface area contributed by atoms with Crippen molar-refractivity contribution in [2.75, 3.05) is 5.32 Å². The van der Waals surface area contributed by atoms with Gasteiger partial charge >= 0.3 is 0 Å². The van der Waals surface area contributed by atoms with Crippen molar-refractivity contribution in [2.24, 2.45) is 0 Å². The maximum absolute atomic E-state index is 11.3. The molecule has 0 aromatic heterocycles. The number of rotatable bonds is 3. The van der Waals surface area contributed by atoms with Crippen molar-refractivity contribution >= 4 is 17.3 Å². The first-order valence-corrected chi connectivity index (χ1v) is 4.69. The number of hydrogen-bond acceptors (Lipinski definition) is 3. The molecule has 1 aromatic carbocycles. The van der Waals surface area contributed by atoms with Crippen LogP contribution in [-0.4, -0.2) is 10.8 Å². The highest BCUT2D eigenvalue weighted by Gasteiger charge is 2.06. The molecular weight excluding hydrogens is 208 g/mol. The molecule has 0 aliphatic carbocycles. The summed E-state index contributed by atoms with van der Waals surface area (Å²) in [4.78, 5) is 21.3. The Morgan fingerprint density at radius 1 is 1.44 bits per heavy atom. The maximum atomic E-state index is 11.3. The van der Waals surface area contributed by atoms with Crippen LogP contribution < -0.4 is 5.32 Å². The molecule has 0 atom stereocenters. The number of amides is 1. The molecule has 0 spiro atoms. The molecule has 0 aliphatic heterocycles. The number of carbonyl (C=O) groups excluding carboxylic acids is 1. The summed E-state index contributed by atoms with van der Waals surface area (Å²) in [6.45, 7) is 3.60. The lowest BCUT2D eigenvalue weighted by molar-refractivity contribution is -0.384. The standard InChI is InChI=1S/C11H12N2O3/c1-8(2)6-11(14)12-9-4-3-5-10(7-9)13(15)16/h3-7H,1-2H3,(H,12,14). The molecule has 0 saturated carbocycles. The van der Waals surface area contributed by atoms with Crippen LogP contribution in [0.15, 0.2) is 35.9 Å². The SMILES string of the molecule is CC(C)=CC(=O)Nc1cccc([N+](=O)[O-])c1. The Balaban J connectivity index is 2.82. The second-order valence-corrected chi connectivity index (χ2v) is 3.52. The van der Waals surface area contributed by atoms with E-state index >= 15 is 0 Å². The molecule has 0 saturated heterocycles. The van der Waals surface area contributed by atoms with Gasteiger partial charge in [0.2, 0.25) is 5.91 Å². The van der Waals surface area contributed by atoms with Gasteiger partial charge in [0, 0.05) is 23.9 Å². The zero-order valence-corrected chi connectivity index (χ0v) is 9.06. The quantitative estimate of drug-likeness (QED) is 0.483. The van der Waals surface area contributed by atoms with Crippen molar-refractivity contribution in [1.29, 1.82) is 0 Å². The number of nitrogens with one attached hydrogen (secondary N) is 1. The number of benzene rings is 1. The Labute approximate surface area is 92.9 Å². The summed E-state index contributed by atoms with van der Waals surface area (Å²) in [5, 5.41) is 13.0. The van der Waals surface area contributed by atoms with Gasteiger partial charge in [-0.25, -0.2) is 0 Å². The summed E-state index contributed by atoms with van der Waals surface area (Å²) in [6.07, 6.45) is 1.43. The molecule has 0 heterocycles. The highest BCUT2D eigenvalue weighted by Crippen LogP contribution is 2.16. The number of allylic oxidation sites excluding steroid dienone is 1. The van der Waals surface area contributed by atoms with E-state index in [2.05, 4.69) is 5.32 Å². The minimum atomic E-state index is -0.503. The predicted octanol–water partition coefficient (Wildman–Crippen LogP) is 2.50. The number of nitrogens with zero attached hydrogens (tertiary/aromatic N) is 1. The molecule has 1 aromatic rings. The summed E-state index contributed by atoms with van der Waals surface area (Å²) >= 11 is 0. The number of non-ortho nitro benzene ring substituents is 1. The van der Waals surface area contributed by atoms with E-state index in [1.54, 1.807) is 19.9 Å². The van der Waals surface area contributed by atoms with E-state index in [-0.39, 0.29) is 11.6 Å². The first-order valence-electron chi connectivity index (χ1n) is 4.69. The van der Waals surface area contributed by atoms with Crippen molar-refractivity contribution in [3.63, 3.8) is 0 Å². The Hall–Kier alpha value is -2.17. The van der Waals surface area contributed by atoms with Gasteiger partial charge in [0.25, 0.3) is 5.69 Å². The molecular formula is C11H12N2O3. The summed E-state index contributed by atoms with van der Waals surface area (Å²) in [7, 11) is 0. The van der Waals surface area contributed by atoms with Crippen LogP contribution >= 0.6 is 0 Å². The predicted molar refractivity (Wildman–Crippen MR) is 61.2 cm³/mol. The second kappa shape index (κ2) is 5.06. The third kappa shape index (κ3) is 3.53. The topological polar surface area (TPSA) is 72.2 Å². The first-order chi connectivity index (χ1) is 7.49. The van der Waals surface area contributed by atoms with Crippen LogP contribution in [-0.2, 0) is 4.79 Å². The van der Waals surface area contributed by atoms with E-state index in [1.807, 2.05) is 0 Å². The van der Waals surface area contributed by atoms with Crippen molar-refractivity contribution < 1.29 is 9.72 Å². The van der Waals surface area contributed by atoms with Gasteiger partial charge in [-0.1, -0.05) is 11.6 Å². The van der Waals surface area contributed by atoms with E-state index in [0.717, 1.165) is 5.57 Å². The summed E-state index contributed by atoms with van der Waals surface area (Å²) in [5.74, 6) is -0.291. The van der Waals surface area contributed by atoms with E-state index in [0.29, 0.717) is 5.69 Å². The number of hydrogen-bond donors (Lipinski definition) is 1. The molecule has 5 heteroatoms. The molecule has 0 radical (unpaired) electrons. The van der Waals surface area contributed by atoms with Crippen LogP contribution in [0.25, 0.3) is 0 Å². The minimum absolute atomic E-state index is 0.0463. The smallest absolute Gasteiger partial charge is 0.271 e. The maximum Gasteiger partial charge on any atom is 0.271 e. The van der Waals surface area contributed by atoms with E-state index in [9.17, 15) is 14.9 Å². The Morgan fingerprint density at radius 3 is 2.69 bits per heavy atom. The molecule has 5 nitrogen and oxygen atoms in total. The molecule has 1 N–H and O–H groups in total. The monoisotopic (exact) mass is 220 g/mol. The van der Waals surface area contributed by atoms with Crippen molar-refractivity contribution in [2.45, 2.75) is 13.8 Å². The molecule has 0 fully saturated rings. The van der Waals surface area contributed by atoms with Gasteiger partial charge in [-0.3, -0.25) is 14.9 Å². The fourth-order valence-corrected chi connectivity index (χ4v) is 1.14. The van der Waals surface area contributed by atoms with E-state index in [4.69, 9.17) is 0 Å². The normalized spacial score (nSPS) is 9.38. The van der Waals surface area contributed by atoms with Crippen LogP contribution in [0.5, 0.6) is 0 Å². The van der Waals surface area contributed by atoms with Crippen LogP contribution in [0.1, 0.15) is 13.8 Å². The van der Waals surface area contributed by atoms with E-state index in [1.165, 1.54) is 24.3 Å². The van der Waals surface area contributed by atoms with Gasteiger partial charge in [-0.15, -0.1) is 0 Å². The molecule has 84 valence electrons. The Kier molecular flexibility index (Phi) is 3.77. The van der Waals surface area contributed by atoms with Crippen LogP contribution in [0.4, 0.5) is 11.4 Å². The van der Waals surface area contributed by atoms with Crippen molar-refractivity contribution in [3.05, 3.63) is 46.0 Å². The van der Waals surface area contributed by atoms with Crippen LogP contribution in [0.3, 0.4) is 0 Å². The highest BCUT2D eigenvalue weighted by molar-refractivity contribution is 5.99. The molecule has 16 heavy (non-hydrogen) atoms. The minimum Gasteiger partial charge on any atom is -0.322 e. The molecule has 0 aliphatic rings. The van der Waals surface area contributed by atoms with Crippen LogP contribution in [0.2, 0.25) is 0 Å². The fourth-order valence-electron chi connectivity index (χ4n) is 1.14. The molecule has 1 amide bonds. The largest absolute Gasteiger partial charge is 0.322 e. The Bertz CT molecular complexity index is 448. The lowest BCUT2D eigenvalue weighted by Gasteiger charge is -2.01. The zero-order chi connectivity index (χ0) is 12.1. The zero-order valence-electron chi connectivity index (χ0n) is 9.06. The van der Waals surface area contributed by atoms with Crippen molar-refractivity contribution in [3.8, 4) is 0 Å². The number of nitro benzene ring substituents is 1. The second-order valence-electron chi connectivity index (χ2n) is 3.52. The lowest BCUT2D eigenvalue weighted by atomic mass is 10.2. The summed E-state index contributed by atoms with van der Waals surface area (Å²) in [6, 6.07) is 5.81. The first kappa shape index (κ1) is 11.9. The summed E-state index contributed by atoms with van der Waals surface area (Å²) < 4.78 is 0. The fraction of sp³-hybridized carbons (Fsp3) is 0.182. The molecule has 0 unspecified atom stereocenters. The Morgan fingerprint density at radius 2 is 2.12 bits per heavy atom. The van der Waals surface area contributed by atoms with Gasteiger partial charge in [0.05, 0.1) is 4.92 Å². The van der Waals surface area contributed by atoms with Gasteiger partial charge in [-0.05, 0) is 19.9 Å². The van der Waals surface area contributed by atoms with Crippen LogP contribution in [0, 0.1) is 10.1 Å². The van der Waals surface area contributed by atoms with Gasteiger partial charge in [-0.2, -0.15) is 0 Å². The molecule has 0 bridgehead atoms. The number of anilines is 1. The number of carbonyl (C=O) groups is 1. The molecule has 1 rings (SSSR count). The lowest BCUT2D eigenvalue weighted by Crippen LogP contribution is -2.08. The average molecular weight is 220 g/mol. The number of nitro groups is 1. The average Bonchev–Trinajstić information content (AvgIpc) is 2.16.